The van der Waals surface area contributed by atoms with E-state index in [2.05, 4.69) is 10.3 Å². The second-order valence-electron chi connectivity index (χ2n) is 3.35. The average Bonchev–Trinajstić information content (AvgIpc) is 2.78. The summed E-state index contributed by atoms with van der Waals surface area (Å²) in [6.45, 7) is 2.22. The number of carbonyl (C=O) groups is 1. The SMILES string of the molecule is NCCSCC(=O)NCCCn1ccnc1. The Hall–Kier alpha value is -1.01. The number of nitrogens with one attached hydrogen (secondary N) is 1. The van der Waals surface area contributed by atoms with Crippen LogP contribution in [0, 0.1) is 0 Å². The molecule has 0 saturated carbocycles. The molecule has 1 heterocycles. The van der Waals surface area contributed by atoms with Crippen LogP contribution in [0.4, 0.5) is 0 Å². The van der Waals surface area contributed by atoms with Crippen LogP contribution < -0.4 is 11.1 Å². The van der Waals surface area contributed by atoms with E-state index in [1.165, 1.54) is 0 Å². The molecule has 0 spiro atoms. The van der Waals surface area contributed by atoms with Gasteiger partial charge in [0.05, 0.1) is 12.1 Å². The maximum Gasteiger partial charge on any atom is 0.229 e. The molecule has 0 fully saturated rings. The van der Waals surface area contributed by atoms with Gasteiger partial charge in [-0.1, -0.05) is 0 Å². The topological polar surface area (TPSA) is 72.9 Å². The van der Waals surface area contributed by atoms with E-state index in [1.54, 1.807) is 24.3 Å². The van der Waals surface area contributed by atoms with Gasteiger partial charge in [-0.3, -0.25) is 4.79 Å². The number of aromatic nitrogens is 2. The molecule has 16 heavy (non-hydrogen) atoms. The largest absolute Gasteiger partial charge is 0.355 e. The second kappa shape index (κ2) is 8.18. The monoisotopic (exact) mass is 242 g/mol. The molecule has 0 aromatic carbocycles. The molecule has 0 radical (unpaired) electrons. The molecule has 90 valence electrons. The standard InChI is InChI=1S/C10H18N4OS/c11-2-7-16-8-10(15)13-3-1-5-14-6-4-12-9-14/h4,6,9H,1-3,5,7-8,11H2,(H,13,15). The first kappa shape index (κ1) is 13.1. The highest BCUT2D eigenvalue weighted by molar-refractivity contribution is 7.99. The predicted molar refractivity (Wildman–Crippen MR) is 66.2 cm³/mol. The van der Waals surface area contributed by atoms with Gasteiger partial charge in [0.2, 0.25) is 5.91 Å². The molecule has 1 amide bonds. The van der Waals surface area contributed by atoms with Gasteiger partial charge >= 0.3 is 0 Å². The van der Waals surface area contributed by atoms with Crippen molar-refractivity contribution in [3.63, 3.8) is 0 Å². The number of hydrogen-bond donors (Lipinski definition) is 2. The molecule has 5 nitrogen and oxygen atoms in total. The summed E-state index contributed by atoms with van der Waals surface area (Å²) in [6.07, 6.45) is 6.36. The van der Waals surface area contributed by atoms with Crippen molar-refractivity contribution in [1.29, 1.82) is 0 Å². The lowest BCUT2D eigenvalue weighted by atomic mass is 10.4. The molecule has 0 aliphatic carbocycles. The Balaban J connectivity index is 1.96. The van der Waals surface area contributed by atoms with Crippen molar-refractivity contribution in [1.82, 2.24) is 14.9 Å². The van der Waals surface area contributed by atoms with Crippen LogP contribution in [0.25, 0.3) is 0 Å². The number of imidazole rings is 1. The van der Waals surface area contributed by atoms with Gasteiger partial charge < -0.3 is 15.6 Å². The van der Waals surface area contributed by atoms with Crippen molar-refractivity contribution >= 4 is 17.7 Å². The van der Waals surface area contributed by atoms with Crippen LogP contribution in [0.1, 0.15) is 6.42 Å². The lowest BCUT2D eigenvalue weighted by Gasteiger charge is -2.05. The third kappa shape index (κ3) is 5.77. The third-order valence-corrected chi connectivity index (χ3v) is 2.96. The number of carbonyl (C=O) groups excluding carboxylic acids is 1. The Bertz CT molecular complexity index is 289. The summed E-state index contributed by atoms with van der Waals surface area (Å²) in [5, 5.41) is 2.87. The van der Waals surface area contributed by atoms with Crippen LogP contribution in [0.5, 0.6) is 0 Å². The zero-order valence-electron chi connectivity index (χ0n) is 9.26. The second-order valence-corrected chi connectivity index (χ2v) is 4.45. The minimum atomic E-state index is 0.0871. The average molecular weight is 242 g/mol. The van der Waals surface area contributed by atoms with Gasteiger partial charge in [-0.05, 0) is 6.42 Å². The van der Waals surface area contributed by atoms with Crippen molar-refractivity contribution in [2.24, 2.45) is 5.73 Å². The summed E-state index contributed by atoms with van der Waals surface area (Å²) in [5.41, 5.74) is 5.33. The first-order valence-electron chi connectivity index (χ1n) is 5.33. The maximum absolute atomic E-state index is 11.3. The smallest absolute Gasteiger partial charge is 0.229 e. The summed E-state index contributed by atoms with van der Waals surface area (Å²) in [6, 6.07) is 0. The Labute approximate surface area is 99.8 Å². The van der Waals surface area contributed by atoms with Crippen LogP contribution >= 0.6 is 11.8 Å². The van der Waals surface area contributed by atoms with Crippen LogP contribution in [0.2, 0.25) is 0 Å². The van der Waals surface area contributed by atoms with Crippen LogP contribution in [0.15, 0.2) is 18.7 Å². The molecule has 3 N–H and O–H groups in total. The lowest BCUT2D eigenvalue weighted by Crippen LogP contribution is -2.27. The molecule has 0 bridgehead atoms. The Morgan fingerprint density at radius 1 is 1.56 bits per heavy atom. The van der Waals surface area contributed by atoms with Crippen molar-refractivity contribution in [2.75, 3.05) is 24.6 Å². The number of nitrogens with two attached hydrogens (primary N) is 1. The number of aryl methyl sites for hydroxylation is 1. The Kier molecular flexibility index (Phi) is 6.67. The van der Waals surface area contributed by atoms with Gasteiger partial charge in [-0.25, -0.2) is 4.98 Å². The van der Waals surface area contributed by atoms with Gasteiger partial charge in [-0.2, -0.15) is 11.8 Å². The summed E-state index contributed by atoms with van der Waals surface area (Å²) in [7, 11) is 0. The van der Waals surface area contributed by atoms with Crippen molar-refractivity contribution in [3.05, 3.63) is 18.7 Å². The van der Waals surface area contributed by atoms with E-state index >= 15 is 0 Å². The molecule has 0 aliphatic rings. The highest BCUT2D eigenvalue weighted by Gasteiger charge is 1.99. The van der Waals surface area contributed by atoms with E-state index in [4.69, 9.17) is 5.73 Å². The van der Waals surface area contributed by atoms with E-state index in [0.29, 0.717) is 18.8 Å². The van der Waals surface area contributed by atoms with E-state index in [1.807, 2.05) is 10.8 Å². The molecule has 1 rings (SSSR count). The highest BCUT2D eigenvalue weighted by atomic mass is 32.2. The summed E-state index contributed by atoms with van der Waals surface area (Å²) >= 11 is 1.56. The quantitative estimate of drug-likeness (QED) is 0.633. The number of amides is 1. The Morgan fingerprint density at radius 3 is 3.12 bits per heavy atom. The van der Waals surface area contributed by atoms with Crippen molar-refractivity contribution in [2.45, 2.75) is 13.0 Å². The molecule has 1 aromatic heterocycles. The van der Waals surface area contributed by atoms with Gasteiger partial charge in [0.15, 0.2) is 0 Å². The van der Waals surface area contributed by atoms with Gasteiger partial charge in [0.1, 0.15) is 0 Å². The molecule has 0 aliphatic heterocycles. The lowest BCUT2D eigenvalue weighted by molar-refractivity contribution is -0.118. The summed E-state index contributed by atoms with van der Waals surface area (Å²) in [5.74, 6) is 1.43. The van der Waals surface area contributed by atoms with Crippen LogP contribution in [-0.2, 0) is 11.3 Å². The molecule has 1 aromatic rings. The normalized spacial score (nSPS) is 10.3. The zero-order valence-corrected chi connectivity index (χ0v) is 10.1. The zero-order chi connectivity index (χ0) is 11.6. The van der Waals surface area contributed by atoms with E-state index < -0.39 is 0 Å². The van der Waals surface area contributed by atoms with Crippen molar-refractivity contribution < 1.29 is 4.79 Å². The number of nitrogens with zero attached hydrogens (tertiary/aromatic N) is 2. The van der Waals surface area contributed by atoms with Gasteiger partial charge in [-0.15, -0.1) is 0 Å². The van der Waals surface area contributed by atoms with E-state index in [-0.39, 0.29) is 5.91 Å². The van der Waals surface area contributed by atoms with Crippen LogP contribution in [0.3, 0.4) is 0 Å². The summed E-state index contributed by atoms with van der Waals surface area (Å²) < 4.78 is 2.00. The Morgan fingerprint density at radius 2 is 2.44 bits per heavy atom. The van der Waals surface area contributed by atoms with Gasteiger partial charge in [0.25, 0.3) is 0 Å². The highest BCUT2D eigenvalue weighted by Crippen LogP contribution is 1.96. The molecule has 0 saturated heterocycles. The fourth-order valence-electron chi connectivity index (χ4n) is 1.21. The van der Waals surface area contributed by atoms with E-state index in [0.717, 1.165) is 18.7 Å². The molecule has 6 heteroatoms. The molecule has 0 unspecified atom stereocenters. The predicted octanol–water partition coefficient (Wildman–Crippen LogP) is 0.0813. The fourth-order valence-corrected chi connectivity index (χ4v) is 1.81. The molecular weight excluding hydrogens is 224 g/mol. The van der Waals surface area contributed by atoms with Crippen LogP contribution in [-0.4, -0.2) is 40.1 Å². The first-order chi connectivity index (χ1) is 7.83. The maximum atomic E-state index is 11.3. The number of thioether (sulfide) groups is 1. The molecular formula is C10H18N4OS. The first-order valence-corrected chi connectivity index (χ1v) is 6.48. The number of hydrogen-bond acceptors (Lipinski definition) is 4. The minimum Gasteiger partial charge on any atom is -0.355 e. The molecule has 0 atom stereocenters. The minimum absolute atomic E-state index is 0.0871. The fraction of sp³-hybridized carbons (Fsp3) is 0.600. The van der Waals surface area contributed by atoms with Crippen molar-refractivity contribution in [3.8, 4) is 0 Å². The van der Waals surface area contributed by atoms with Gasteiger partial charge in [0, 0.05) is 37.8 Å². The number of rotatable bonds is 8. The third-order valence-electron chi connectivity index (χ3n) is 1.97. The van der Waals surface area contributed by atoms with E-state index in [9.17, 15) is 4.79 Å². The summed E-state index contributed by atoms with van der Waals surface area (Å²) in [4.78, 5) is 15.2.